The largest absolute Gasteiger partial charge is 0.492 e. The minimum Gasteiger partial charge on any atom is -0.492 e. The fourth-order valence-electron chi connectivity index (χ4n) is 1.33. The van der Waals surface area contributed by atoms with Gasteiger partial charge in [-0.1, -0.05) is 12.1 Å². The van der Waals surface area contributed by atoms with Gasteiger partial charge in [0.2, 0.25) is 5.91 Å². The molecular weight excluding hydrogens is 256 g/mol. The van der Waals surface area contributed by atoms with Gasteiger partial charge < -0.3 is 20.5 Å². The Morgan fingerprint density at radius 2 is 2.11 bits per heavy atom. The summed E-state index contributed by atoms with van der Waals surface area (Å²) in [7, 11) is 1.50. The molecule has 1 unspecified atom stereocenters. The van der Waals surface area contributed by atoms with Crippen molar-refractivity contribution < 1.29 is 14.3 Å². The lowest BCUT2D eigenvalue weighted by atomic mass is 10.2. The third-order valence-corrected chi connectivity index (χ3v) is 2.13. The van der Waals surface area contributed by atoms with E-state index in [0.29, 0.717) is 18.0 Å². The summed E-state index contributed by atoms with van der Waals surface area (Å²) in [6.45, 7) is 2.61. The molecule has 1 amide bonds. The van der Waals surface area contributed by atoms with Gasteiger partial charge in [0, 0.05) is 7.11 Å². The van der Waals surface area contributed by atoms with Crippen molar-refractivity contribution in [2.45, 2.75) is 13.0 Å². The van der Waals surface area contributed by atoms with Gasteiger partial charge in [-0.3, -0.25) is 4.79 Å². The third-order valence-electron chi connectivity index (χ3n) is 2.13. The lowest BCUT2D eigenvalue weighted by molar-refractivity contribution is -0.118. The molecule has 3 N–H and O–H groups in total. The van der Waals surface area contributed by atoms with Crippen LogP contribution in [0.1, 0.15) is 6.92 Å². The van der Waals surface area contributed by atoms with Crippen molar-refractivity contribution in [1.82, 2.24) is 0 Å². The number of halogens is 1. The molecule has 0 fully saturated rings. The van der Waals surface area contributed by atoms with E-state index in [2.05, 4.69) is 5.32 Å². The normalized spacial score (nSPS) is 11.3. The monoisotopic (exact) mass is 274 g/mol. The van der Waals surface area contributed by atoms with E-state index in [4.69, 9.17) is 15.2 Å². The number of ether oxygens (including phenoxy) is 2. The summed E-state index contributed by atoms with van der Waals surface area (Å²) < 4.78 is 10.2. The molecule has 0 aliphatic heterocycles. The van der Waals surface area contributed by atoms with Gasteiger partial charge in [-0.25, -0.2) is 0 Å². The lowest BCUT2D eigenvalue weighted by Gasteiger charge is -2.14. The van der Waals surface area contributed by atoms with Crippen molar-refractivity contribution in [3.8, 4) is 5.75 Å². The lowest BCUT2D eigenvalue weighted by Crippen LogP contribution is -2.39. The Morgan fingerprint density at radius 3 is 2.72 bits per heavy atom. The van der Waals surface area contributed by atoms with Crippen molar-refractivity contribution in [1.29, 1.82) is 0 Å². The molecule has 5 nitrogen and oxygen atoms in total. The van der Waals surface area contributed by atoms with Crippen LogP contribution in [0.3, 0.4) is 0 Å². The molecule has 102 valence electrons. The number of amides is 1. The number of rotatable bonds is 6. The van der Waals surface area contributed by atoms with Gasteiger partial charge in [0.25, 0.3) is 0 Å². The molecule has 18 heavy (non-hydrogen) atoms. The first kappa shape index (κ1) is 16.7. The third kappa shape index (κ3) is 4.91. The summed E-state index contributed by atoms with van der Waals surface area (Å²) in [4.78, 5) is 11.7. The Bertz CT molecular complexity index is 374. The average Bonchev–Trinajstić information content (AvgIpc) is 2.32. The van der Waals surface area contributed by atoms with Crippen LogP contribution >= 0.6 is 12.4 Å². The van der Waals surface area contributed by atoms with E-state index in [9.17, 15) is 4.79 Å². The second-order valence-electron chi connectivity index (χ2n) is 3.48. The Labute approximate surface area is 113 Å². The quantitative estimate of drug-likeness (QED) is 0.823. The molecule has 0 spiro atoms. The fourth-order valence-corrected chi connectivity index (χ4v) is 1.33. The first-order chi connectivity index (χ1) is 8.19. The van der Waals surface area contributed by atoms with Gasteiger partial charge in [-0.05, 0) is 19.1 Å². The number of hydrogen-bond donors (Lipinski definition) is 2. The van der Waals surface area contributed by atoms with E-state index in [1.807, 2.05) is 19.1 Å². The van der Waals surface area contributed by atoms with Crippen LogP contribution in [0.5, 0.6) is 5.75 Å². The maximum atomic E-state index is 11.7. The summed E-state index contributed by atoms with van der Waals surface area (Å²) in [6, 6.07) is 6.54. The highest BCUT2D eigenvalue weighted by atomic mass is 35.5. The number of nitrogens with two attached hydrogens (primary N) is 1. The molecule has 0 radical (unpaired) electrons. The molecular formula is C12H19ClN2O3. The number of carbonyl (C=O) groups excluding carboxylic acids is 1. The van der Waals surface area contributed by atoms with E-state index < -0.39 is 6.04 Å². The zero-order valence-electron chi connectivity index (χ0n) is 10.5. The average molecular weight is 275 g/mol. The molecule has 1 aromatic rings. The number of hydrogen-bond acceptors (Lipinski definition) is 4. The summed E-state index contributed by atoms with van der Waals surface area (Å²) in [5.41, 5.74) is 6.24. The first-order valence-corrected chi connectivity index (χ1v) is 5.46. The summed E-state index contributed by atoms with van der Waals surface area (Å²) >= 11 is 0. The van der Waals surface area contributed by atoms with Crippen LogP contribution in [0.4, 0.5) is 5.69 Å². The SMILES string of the molecule is CCOc1ccccc1NC(=O)C(N)COC.Cl. The van der Waals surface area contributed by atoms with Gasteiger partial charge >= 0.3 is 0 Å². The van der Waals surface area contributed by atoms with Crippen LogP contribution in [0.25, 0.3) is 0 Å². The maximum absolute atomic E-state index is 11.7. The number of methoxy groups -OCH3 is 1. The van der Waals surface area contributed by atoms with Crippen molar-refractivity contribution in [2.75, 3.05) is 25.6 Å². The van der Waals surface area contributed by atoms with Crippen molar-refractivity contribution >= 4 is 24.0 Å². The first-order valence-electron chi connectivity index (χ1n) is 5.46. The molecule has 1 rings (SSSR count). The molecule has 0 saturated carbocycles. The molecule has 6 heteroatoms. The smallest absolute Gasteiger partial charge is 0.243 e. The fraction of sp³-hybridized carbons (Fsp3) is 0.417. The van der Waals surface area contributed by atoms with Crippen LogP contribution in [0, 0.1) is 0 Å². The molecule has 0 aromatic heterocycles. The van der Waals surface area contributed by atoms with Crippen LogP contribution in [-0.2, 0) is 9.53 Å². The Balaban J connectivity index is 0.00000289. The Morgan fingerprint density at radius 1 is 1.44 bits per heavy atom. The topological polar surface area (TPSA) is 73.6 Å². The standard InChI is InChI=1S/C12H18N2O3.ClH/c1-3-17-11-7-5-4-6-10(11)14-12(15)9(13)8-16-2;/h4-7,9H,3,8,13H2,1-2H3,(H,14,15);1H. The van der Waals surface area contributed by atoms with Crippen LogP contribution in [0.15, 0.2) is 24.3 Å². The highest BCUT2D eigenvalue weighted by Gasteiger charge is 2.14. The van der Waals surface area contributed by atoms with E-state index >= 15 is 0 Å². The predicted octanol–water partition coefficient (Wildman–Crippen LogP) is 1.42. The van der Waals surface area contributed by atoms with Gasteiger partial charge in [0.15, 0.2) is 0 Å². The van der Waals surface area contributed by atoms with Gasteiger partial charge in [0.1, 0.15) is 11.8 Å². The van der Waals surface area contributed by atoms with Gasteiger partial charge in [-0.2, -0.15) is 0 Å². The maximum Gasteiger partial charge on any atom is 0.243 e. The van der Waals surface area contributed by atoms with Crippen LogP contribution in [-0.4, -0.2) is 32.3 Å². The molecule has 0 saturated heterocycles. The van der Waals surface area contributed by atoms with Gasteiger partial charge in [0.05, 0.1) is 18.9 Å². The highest BCUT2D eigenvalue weighted by molar-refractivity contribution is 5.96. The number of carbonyl (C=O) groups is 1. The predicted molar refractivity (Wildman–Crippen MR) is 73.3 cm³/mol. The van der Waals surface area contributed by atoms with Crippen molar-refractivity contribution in [3.05, 3.63) is 24.3 Å². The second kappa shape index (κ2) is 8.74. The highest BCUT2D eigenvalue weighted by Crippen LogP contribution is 2.23. The van der Waals surface area contributed by atoms with Crippen molar-refractivity contribution in [3.63, 3.8) is 0 Å². The number of anilines is 1. The van der Waals surface area contributed by atoms with Crippen LogP contribution < -0.4 is 15.8 Å². The Hall–Kier alpha value is -1.30. The van der Waals surface area contributed by atoms with E-state index in [1.165, 1.54) is 7.11 Å². The number of nitrogens with one attached hydrogen (secondary N) is 1. The zero-order valence-corrected chi connectivity index (χ0v) is 11.3. The molecule has 0 heterocycles. The van der Waals surface area contributed by atoms with Gasteiger partial charge in [-0.15, -0.1) is 12.4 Å². The van der Waals surface area contributed by atoms with Crippen LogP contribution in [0.2, 0.25) is 0 Å². The Kier molecular flexibility index (Phi) is 8.11. The van der Waals surface area contributed by atoms with Crippen molar-refractivity contribution in [2.24, 2.45) is 5.73 Å². The molecule has 0 aliphatic rings. The number of para-hydroxylation sites is 2. The minimum atomic E-state index is -0.685. The van der Waals surface area contributed by atoms with E-state index in [0.717, 1.165) is 0 Å². The summed E-state index contributed by atoms with van der Waals surface area (Å²) in [5.74, 6) is 0.340. The molecule has 0 aliphatic carbocycles. The molecule has 1 atom stereocenters. The van der Waals surface area contributed by atoms with E-state index in [1.54, 1.807) is 12.1 Å². The van der Waals surface area contributed by atoms with E-state index in [-0.39, 0.29) is 24.9 Å². The number of benzene rings is 1. The minimum absolute atomic E-state index is 0. The molecule has 0 bridgehead atoms. The second-order valence-corrected chi connectivity index (χ2v) is 3.48. The molecule has 1 aromatic carbocycles. The zero-order chi connectivity index (χ0) is 12.7. The summed E-state index contributed by atoms with van der Waals surface area (Å²) in [6.07, 6.45) is 0. The summed E-state index contributed by atoms with van der Waals surface area (Å²) in [5, 5.41) is 2.71.